The number of fused-ring (bicyclic) bond motifs is 1. The number of nitrogens with one attached hydrogen (secondary N) is 2. The molecule has 0 spiro atoms. The molecule has 0 aromatic carbocycles. The molecule has 1 fully saturated rings. The first kappa shape index (κ1) is 9.58. The van der Waals surface area contributed by atoms with E-state index < -0.39 is 0 Å². The van der Waals surface area contributed by atoms with E-state index in [0.717, 1.165) is 12.5 Å². The van der Waals surface area contributed by atoms with Crippen molar-refractivity contribution < 1.29 is 0 Å². The maximum atomic E-state index is 3.59. The van der Waals surface area contributed by atoms with Gasteiger partial charge in [-0.25, -0.2) is 0 Å². The summed E-state index contributed by atoms with van der Waals surface area (Å²) < 4.78 is 0. The minimum Gasteiger partial charge on any atom is -0.385 e. The first-order valence-corrected chi connectivity index (χ1v) is 6.68. The summed E-state index contributed by atoms with van der Waals surface area (Å²) in [5, 5.41) is 7.03. The average molecular weight is 226 g/mol. The second-order valence-electron chi connectivity index (χ2n) is 5.49. The minimum absolute atomic E-state index is 0.513. The van der Waals surface area contributed by atoms with Gasteiger partial charge in [-0.3, -0.25) is 0 Å². The summed E-state index contributed by atoms with van der Waals surface area (Å²) in [5.41, 5.74) is 7.86. The third-order valence-electron chi connectivity index (χ3n) is 4.56. The molecule has 2 aliphatic heterocycles. The molecule has 2 aliphatic carbocycles. The Morgan fingerprint density at radius 3 is 3.24 bits per heavy atom. The minimum atomic E-state index is 0.513. The molecule has 4 rings (SSSR count). The van der Waals surface area contributed by atoms with Crippen LogP contribution < -0.4 is 10.6 Å². The highest BCUT2D eigenvalue weighted by Crippen LogP contribution is 2.46. The van der Waals surface area contributed by atoms with Gasteiger partial charge in [0.2, 0.25) is 0 Å². The van der Waals surface area contributed by atoms with E-state index in [0.29, 0.717) is 6.04 Å². The van der Waals surface area contributed by atoms with Crippen LogP contribution in [-0.4, -0.2) is 12.6 Å². The SMILES string of the molecule is CC1NC=CC2=C1CC1CNC3=CCCC2=C31. The molecule has 4 aliphatic rings. The number of hydrogen-bond donors (Lipinski definition) is 2. The summed E-state index contributed by atoms with van der Waals surface area (Å²) in [6.45, 7) is 3.42. The molecule has 2 atom stereocenters. The van der Waals surface area contributed by atoms with Crippen LogP contribution in [0.5, 0.6) is 0 Å². The molecule has 1 saturated heterocycles. The van der Waals surface area contributed by atoms with Crippen LogP contribution in [0.3, 0.4) is 0 Å². The molecule has 2 N–H and O–H groups in total. The van der Waals surface area contributed by atoms with Crippen molar-refractivity contribution in [1.82, 2.24) is 10.6 Å². The van der Waals surface area contributed by atoms with Crippen LogP contribution in [0, 0.1) is 5.92 Å². The molecule has 0 bridgehead atoms. The Morgan fingerprint density at radius 1 is 1.35 bits per heavy atom. The Hall–Kier alpha value is -1.44. The smallest absolute Gasteiger partial charge is 0.0449 e. The molecule has 0 amide bonds. The Labute approximate surface area is 102 Å². The zero-order valence-corrected chi connectivity index (χ0v) is 10.2. The molecule has 2 nitrogen and oxygen atoms in total. The van der Waals surface area contributed by atoms with E-state index >= 15 is 0 Å². The summed E-state index contributed by atoms with van der Waals surface area (Å²) in [5.74, 6) is 0.728. The van der Waals surface area contributed by atoms with Crippen LogP contribution in [0.15, 0.2) is 46.3 Å². The van der Waals surface area contributed by atoms with Crippen LogP contribution in [-0.2, 0) is 0 Å². The van der Waals surface area contributed by atoms with Crippen molar-refractivity contribution in [2.24, 2.45) is 5.92 Å². The van der Waals surface area contributed by atoms with Crippen molar-refractivity contribution in [2.45, 2.75) is 32.2 Å². The van der Waals surface area contributed by atoms with Gasteiger partial charge in [-0.2, -0.15) is 0 Å². The van der Waals surface area contributed by atoms with Gasteiger partial charge in [-0.15, -0.1) is 0 Å². The molecule has 2 unspecified atom stereocenters. The molecule has 0 aromatic heterocycles. The van der Waals surface area contributed by atoms with Gasteiger partial charge in [0.15, 0.2) is 0 Å². The lowest BCUT2D eigenvalue weighted by molar-refractivity contribution is 0.568. The molecule has 88 valence electrons. The number of dihydropyridines is 1. The third-order valence-corrected chi connectivity index (χ3v) is 4.56. The van der Waals surface area contributed by atoms with Crippen LogP contribution in [0.2, 0.25) is 0 Å². The van der Waals surface area contributed by atoms with E-state index in [1.165, 1.54) is 30.5 Å². The van der Waals surface area contributed by atoms with Crippen LogP contribution in [0.4, 0.5) is 0 Å². The van der Waals surface area contributed by atoms with E-state index in [4.69, 9.17) is 0 Å². The Kier molecular flexibility index (Phi) is 1.85. The van der Waals surface area contributed by atoms with Crippen molar-refractivity contribution in [2.75, 3.05) is 6.54 Å². The second-order valence-corrected chi connectivity index (χ2v) is 5.49. The normalized spacial score (nSPS) is 33.8. The fourth-order valence-electron chi connectivity index (χ4n) is 3.75. The van der Waals surface area contributed by atoms with E-state index in [1.54, 1.807) is 16.7 Å². The molecule has 2 heterocycles. The van der Waals surface area contributed by atoms with Gasteiger partial charge in [0.25, 0.3) is 0 Å². The van der Waals surface area contributed by atoms with Gasteiger partial charge in [-0.1, -0.05) is 6.08 Å². The van der Waals surface area contributed by atoms with Crippen LogP contribution in [0.1, 0.15) is 26.2 Å². The first-order valence-electron chi connectivity index (χ1n) is 6.68. The topological polar surface area (TPSA) is 24.1 Å². The van der Waals surface area contributed by atoms with Gasteiger partial charge in [0.05, 0.1) is 0 Å². The summed E-state index contributed by atoms with van der Waals surface area (Å²) in [7, 11) is 0. The lowest BCUT2D eigenvalue weighted by Gasteiger charge is -2.34. The van der Waals surface area contributed by atoms with Gasteiger partial charge in [0, 0.05) is 24.2 Å². The molecule has 0 aromatic rings. The number of allylic oxidation sites excluding steroid dienone is 5. The van der Waals surface area contributed by atoms with Gasteiger partial charge in [0.1, 0.15) is 0 Å². The molecular weight excluding hydrogens is 208 g/mol. The fourth-order valence-corrected chi connectivity index (χ4v) is 3.75. The monoisotopic (exact) mass is 226 g/mol. The standard InChI is InChI=1S/C15H18N2/c1-9-13-7-10-8-17-14-4-2-3-12(15(10)14)11(13)5-6-16-9/h4-6,9-10,16-17H,2-3,7-8H2,1H3. The average Bonchev–Trinajstić information content (AvgIpc) is 2.76. The van der Waals surface area contributed by atoms with E-state index in [-0.39, 0.29) is 0 Å². The predicted octanol–water partition coefficient (Wildman–Crippen LogP) is 2.39. The van der Waals surface area contributed by atoms with Crippen LogP contribution >= 0.6 is 0 Å². The molecular formula is C15H18N2. The van der Waals surface area contributed by atoms with E-state index in [1.807, 2.05) is 0 Å². The third kappa shape index (κ3) is 1.21. The van der Waals surface area contributed by atoms with Gasteiger partial charge < -0.3 is 10.6 Å². The number of hydrogen-bond acceptors (Lipinski definition) is 2. The molecule has 2 heteroatoms. The zero-order chi connectivity index (χ0) is 11.4. The zero-order valence-electron chi connectivity index (χ0n) is 10.2. The molecule has 17 heavy (non-hydrogen) atoms. The van der Waals surface area contributed by atoms with Crippen molar-refractivity contribution in [3.8, 4) is 0 Å². The van der Waals surface area contributed by atoms with Crippen molar-refractivity contribution in [1.29, 1.82) is 0 Å². The molecule has 0 radical (unpaired) electrons. The van der Waals surface area contributed by atoms with Crippen molar-refractivity contribution in [3.63, 3.8) is 0 Å². The fraction of sp³-hybridized carbons (Fsp3) is 0.467. The summed E-state index contributed by atoms with van der Waals surface area (Å²) >= 11 is 0. The number of rotatable bonds is 0. The highest BCUT2D eigenvalue weighted by atomic mass is 14.9. The van der Waals surface area contributed by atoms with Gasteiger partial charge >= 0.3 is 0 Å². The van der Waals surface area contributed by atoms with Crippen molar-refractivity contribution >= 4 is 0 Å². The largest absolute Gasteiger partial charge is 0.385 e. The second kappa shape index (κ2) is 3.28. The van der Waals surface area contributed by atoms with Crippen molar-refractivity contribution in [3.05, 3.63) is 46.3 Å². The summed E-state index contributed by atoms with van der Waals surface area (Å²) in [6, 6.07) is 0.513. The summed E-state index contributed by atoms with van der Waals surface area (Å²) in [4.78, 5) is 0. The highest BCUT2D eigenvalue weighted by molar-refractivity contribution is 5.59. The Bertz CT molecular complexity index is 505. The first-order chi connectivity index (χ1) is 8.34. The lowest BCUT2D eigenvalue weighted by atomic mass is 9.73. The van der Waals surface area contributed by atoms with Gasteiger partial charge in [-0.05, 0) is 60.8 Å². The highest BCUT2D eigenvalue weighted by Gasteiger charge is 2.37. The van der Waals surface area contributed by atoms with Crippen LogP contribution in [0.25, 0.3) is 0 Å². The quantitative estimate of drug-likeness (QED) is 0.662. The molecule has 0 saturated carbocycles. The maximum Gasteiger partial charge on any atom is 0.0449 e. The Morgan fingerprint density at radius 2 is 2.29 bits per heavy atom. The van der Waals surface area contributed by atoms with E-state index in [9.17, 15) is 0 Å². The van der Waals surface area contributed by atoms with E-state index in [2.05, 4.69) is 35.9 Å². The lowest BCUT2D eigenvalue weighted by Crippen LogP contribution is -2.31. The maximum absolute atomic E-state index is 3.59. The summed E-state index contributed by atoms with van der Waals surface area (Å²) in [6.07, 6.45) is 10.5. The predicted molar refractivity (Wildman–Crippen MR) is 69.2 cm³/mol. The Balaban J connectivity index is 1.91.